The Bertz CT molecular complexity index is 1000. The van der Waals surface area contributed by atoms with E-state index >= 15 is 0 Å². The van der Waals surface area contributed by atoms with Crippen LogP contribution in [-0.4, -0.2) is 0 Å². The van der Waals surface area contributed by atoms with Crippen molar-refractivity contribution in [3.05, 3.63) is 95.0 Å². The summed E-state index contributed by atoms with van der Waals surface area (Å²) in [6, 6.07) is 30.2. The number of rotatable bonds is 2. The normalized spacial score (nSPS) is 10.9. The lowest BCUT2D eigenvalue weighted by Crippen LogP contribution is -1.91. The highest BCUT2D eigenvalue weighted by Crippen LogP contribution is 2.40. The van der Waals surface area contributed by atoms with E-state index in [1.54, 1.807) is 0 Å². The molecule has 4 rings (SSSR count). The SMILES string of the molecule is Cc1cc(-c2ccccc2)c(-c2ccccc2)c2cc(Br)ccc12. The summed E-state index contributed by atoms with van der Waals surface area (Å²) < 4.78 is 1.11. The van der Waals surface area contributed by atoms with Gasteiger partial charge in [-0.3, -0.25) is 0 Å². The van der Waals surface area contributed by atoms with E-state index in [-0.39, 0.29) is 0 Å². The average Bonchev–Trinajstić information content (AvgIpc) is 2.63. The van der Waals surface area contributed by atoms with Crippen molar-refractivity contribution in [2.45, 2.75) is 6.92 Å². The molecule has 0 aliphatic carbocycles. The van der Waals surface area contributed by atoms with E-state index in [0.717, 1.165) is 4.47 Å². The molecule has 4 aromatic carbocycles. The van der Waals surface area contributed by atoms with Crippen molar-refractivity contribution in [2.24, 2.45) is 0 Å². The van der Waals surface area contributed by atoms with E-state index in [0.29, 0.717) is 0 Å². The molecule has 1 heteroatoms. The molecule has 0 saturated heterocycles. The Balaban J connectivity index is 2.16. The Morgan fingerprint density at radius 2 is 1.25 bits per heavy atom. The predicted molar refractivity (Wildman–Crippen MR) is 107 cm³/mol. The summed E-state index contributed by atoms with van der Waals surface area (Å²) in [6.45, 7) is 2.19. The molecule has 0 saturated carbocycles. The van der Waals surface area contributed by atoms with Gasteiger partial charge in [0.15, 0.2) is 0 Å². The zero-order valence-corrected chi connectivity index (χ0v) is 15.0. The van der Waals surface area contributed by atoms with Crippen molar-refractivity contribution in [1.82, 2.24) is 0 Å². The van der Waals surface area contributed by atoms with Crippen LogP contribution in [0.15, 0.2) is 89.4 Å². The minimum absolute atomic E-state index is 1.11. The van der Waals surface area contributed by atoms with Gasteiger partial charge < -0.3 is 0 Å². The van der Waals surface area contributed by atoms with Crippen LogP contribution < -0.4 is 0 Å². The maximum Gasteiger partial charge on any atom is 0.0181 e. The predicted octanol–water partition coefficient (Wildman–Crippen LogP) is 7.24. The molecule has 0 unspecified atom stereocenters. The number of hydrogen-bond donors (Lipinski definition) is 0. The lowest BCUT2D eigenvalue weighted by molar-refractivity contribution is 1.50. The maximum atomic E-state index is 3.64. The molecule has 0 aromatic heterocycles. The first-order valence-electron chi connectivity index (χ1n) is 8.08. The van der Waals surface area contributed by atoms with E-state index < -0.39 is 0 Å². The summed E-state index contributed by atoms with van der Waals surface area (Å²) in [5.41, 5.74) is 6.38. The minimum Gasteiger partial charge on any atom is -0.0622 e. The fraction of sp³-hybridized carbons (Fsp3) is 0.0435. The highest BCUT2D eigenvalue weighted by molar-refractivity contribution is 9.10. The molecule has 0 bridgehead atoms. The Morgan fingerprint density at radius 3 is 1.92 bits per heavy atom. The molecule has 0 aliphatic heterocycles. The molecule has 0 heterocycles. The number of fused-ring (bicyclic) bond motifs is 1. The molecular weight excluding hydrogens is 356 g/mol. The topological polar surface area (TPSA) is 0 Å². The molecule has 24 heavy (non-hydrogen) atoms. The van der Waals surface area contributed by atoms with Crippen LogP contribution in [0.5, 0.6) is 0 Å². The molecule has 0 atom stereocenters. The summed E-state index contributed by atoms with van der Waals surface area (Å²) in [5.74, 6) is 0. The lowest BCUT2D eigenvalue weighted by Gasteiger charge is -2.16. The molecule has 0 fully saturated rings. The lowest BCUT2D eigenvalue weighted by atomic mass is 9.88. The first-order valence-corrected chi connectivity index (χ1v) is 8.87. The van der Waals surface area contributed by atoms with Crippen LogP contribution in [0.25, 0.3) is 33.0 Å². The van der Waals surface area contributed by atoms with Gasteiger partial charge in [-0.1, -0.05) is 88.7 Å². The maximum absolute atomic E-state index is 3.64. The van der Waals surface area contributed by atoms with E-state index in [9.17, 15) is 0 Å². The average molecular weight is 373 g/mol. The van der Waals surface area contributed by atoms with Crippen LogP contribution in [0, 0.1) is 6.92 Å². The molecular formula is C23H17Br. The van der Waals surface area contributed by atoms with Gasteiger partial charge >= 0.3 is 0 Å². The summed E-state index contributed by atoms with van der Waals surface area (Å²) >= 11 is 3.64. The third-order valence-electron chi connectivity index (χ3n) is 4.45. The first kappa shape index (κ1) is 15.2. The van der Waals surface area contributed by atoms with Crippen LogP contribution >= 0.6 is 15.9 Å². The number of hydrogen-bond acceptors (Lipinski definition) is 0. The number of benzene rings is 4. The van der Waals surface area contributed by atoms with Crippen molar-refractivity contribution in [2.75, 3.05) is 0 Å². The summed E-state index contributed by atoms with van der Waals surface area (Å²) in [4.78, 5) is 0. The van der Waals surface area contributed by atoms with Crippen LogP contribution in [0.4, 0.5) is 0 Å². The molecule has 0 radical (unpaired) electrons. The molecule has 0 amide bonds. The third kappa shape index (κ3) is 2.65. The highest BCUT2D eigenvalue weighted by atomic mass is 79.9. The van der Waals surface area contributed by atoms with Crippen molar-refractivity contribution >= 4 is 26.7 Å². The third-order valence-corrected chi connectivity index (χ3v) is 4.95. The van der Waals surface area contributed by atoms with Gasteiger partial charge in [0.1, 0.15) is 0 Å². The highest BCUT2D eigenvalue weighted by Gasteiger charge is 2.14. The standard InChI is InChI=1S/C23H17Br/c1-16-14-21(17-8-4-2-5-9-17)23(18-10-6-3-7-11-18)22-15-19(24)12-13-20(16)22/h2-15H,1H3. The van der Waals surface area contributed by atoms with E-state index in [2.05, 4.69) is 108 Å². The second kappa shape index (κ2) is 6.26. The van der Waals surface area contributed by atoms with Crippen LogP contribution in [0.1, 0.15) is 5.56 Å². The minimum atomic E-state index is 1.11. The van der Waals surface area contributed by atoms with E-state index in [1.807, 2.05) is 0 Å². The fourth-order valence-electron chi connectivity index (χ4n) is 3.34. The van der Waals surface area contributed by atoms with Gasteiger partial charge in [-0.05, 0) is 57.6 Å². The van der Waals surface area contributed by atoms with Crippen molar-refractivity contribution in [3.63, 3.8) is 0 Å². The van der Waals surface area contributed by atoms with Crippen molar-refractivity contribution in [3.8, 4) is 22.3 Å². The monoisotopic (exact) mass is 372 g/mol. The molecule has 116 valence electrons. The van der Waals surface area contributed by atoms with Crippen LogP contribution in [0.3, 0.4) is 0 Å². The van der Waals surface area contributed by atoms with Gasteiger partial charge in [-0.2, -0.15) is 0 Å². The fourth-order valence-corrected chi connectivity index (χ4v) is 3.70. The van der Waals surface area contributed by atoms with Crippen LogP contribution in [0.2, 0.25) is 0 Å². The molecule has 4 aromatic rings. The quantitative estimate of drug-likeness (QED) is 0.347. The molecule has 0 aliphatic rings. The zero-order valence-electron chi connectivity index (χ0n) is 13.5. The largest absolute Gasteiger partial charge is 0.0622 e. The van der Waals surface area contributed by atoms with Gasteiger partial charge in [0.05, 0.1) is 0 Å². The second-order valence-corrected chi connectivity index (χ2v) is 6.95. The van der Waals surface area contributed by atoms with Gasteiger partial charge in [-0.25, -0.2) is 0 Å². The van der Waals surface area contributed by atoms with E-state index in [4.69, 9.17) is 0 Å². The number of halogens is 1. The summed E-state index contributed by atoms with van der Waals surface area (Å²) in [6.07, 6.45) is 0. The van der Waals surface area contributed by atoms with Crippen LogP contribution in [-0.2, 0) is 0 Å². The molecule has 0 spiro atoms. The van der Waals surface area contributed by atoms with Crippen molar-refractivity contribution < 1.29 is 0 Å². The number of aryl methyl sites for hydroxylation is 1. The molecule has 0 N–H and O–H groups in total. The Labute approximate surface area is 150 Å². The molecule has 0 nitrogen and oxygen atoms in total. The smallest absolute Gasteiger partial charge is 0.0181 e. The first-order chi connectivity index (χ1) is 11.7. The summed E-state index contributed by atoms with van der Waals surface area (Å²) in [5, 5.41) is 2.59. The van der Waals surface area contributed by atoms with Gasteiger partial charge in [0, 0.05) is 4.47 Å². The zero-order chi connectivity index (χ0) is 16.5. The second-order valence-electron chi connectivity index (χ2n) is 6.04. The van der Waals surface area contributed by atoms with Gasteiger partial charge in [0.25, 0.3) is 0 Å². The van der Waals surface area contributed by atoms with Gasteiger partial charge in [-0.15, -0.1) is 0 Å². The Kier molecular flexibility index (Phi) is 3.95. The van der Waals surface area contributed by atoms with E-state index in [1.165, 1.54) is 38.6 Å². The Hall–Kier alpha value is -2.38. The van der Waals surface area contributed by atoms with Gasteiger partial charge in [0.2, 0.25) is 0 Å². The van der Waals surface area contributed by atoms with Crippen molar-refractivity contribution in [1.29, 1.82) is 0 Å². The summed E-state index contributed by atoms with van der Waals surface area (Å²) in [7, 11) is 0. The Morgan fingerprint density at radius 1 is 0.625 bits per heavy atom.